The maximum atomic E-state index is 12.6. The molecule has 1 aliphatic heterocycles. The van der Waals surface area contributed by atoms with E-state index in [4.69, 9.17) is 0 Å². The fourth-order valence-electron chi connectivity index (χ4n) is 3.57. The van der Waals surface area contributed by atoms with Crippen molar-refractivity contribution in [1.29, 1.82) is 0 Å². The second-order valence-electron chi connectivity index (χ2n) is 7.55. The molecule has 4 rings (SSSR count). The zero-order chi connectivity index (χ0) is 20.8. The molecule has 1 aliphatic rings. The van der Waals surface area contributed by atoms with Gasteiger partial charge in [-0.2, -0.15) is 0 Å². The van der Waals surface area contributed by atoms with Crippen molar-refractivity contribution in [2.24, 2.45) is 5.92 Å². The van der Waals surface area contributed by atoms with Crippen molar-refractivity contribution in [3.8, 4) is 0 Å². The van der Waals surface area contributed by atoms with Gasteiger partial charge in [-0.3, -0.25) is 4.79 Å². The molecule has 1 N–H and O–H groups in total. The van der Waals surface area contributed by atoms with E-state index in [1.165, 1.54) is 10.4 Å². The molecule has 5 nitrogen and oxygen atoms in total. The second-order valence-corrected chi connectivity index (χ2v) is 9.68. The van der Waals surface area contributed by atoms with Crippen LogP contribution in [0.3, 0.4) is 0 Å². The van der Waals surface area contributed by atoms with Gasteiger partial charge in [0.2, 0.25) is 5.91 Å². The first-order chi connectivity index (χ1) is 14.7. The molecule has 7 heteroatoms. The van der Waals surface area contributed by atoms with Crippen LogP contribution in [0.15, 0.2) is 63.8 Å². The molecule has 0 spiro atoms. The van der Waals surface area contributed by atoms with Gasteiger partial charge in [0.15, 0.2) is 5.82 Å². The number of carbonyl (C=O) groups is 1. The number of thiophene rings is 1. The van der Waals surface area contributed by atoms with Gasteiger partial charge >= 0.3 is 0 Å². The molecule has 0 aliphatic carbocycles. The van der Waals surface area contributed by atoms with Crippen molar-refractivity contribution in [2.45, 2.75) is 36.1 Å². The lowest BCUT2D eigenvalue weighted by atomic mass is 9.97. The number of hydrogen-bond donors (Lipinski definition) is 1. The Morgan fingerprint density at radius 1 is 1.20 bits per heavy atom. The minimum absolute atomic E-state index is 0.00509. The number of piperidine rings is 1. The van der Waals surface area contributed by atoms with Crippen molar-refractivity contribution >= 4 is 34.8 Å². The molecule has 2 aromatic heterocycles. The molecule has 0 saturated carbocycles. The summed E-state index contributed by atoms with van der Waals surface area (Å²) in [6.07, 6.45) is 2.81. The number of nitrogens with zero attached hydrogens (tertiary/aromatic N) is 3. The first kappa shape index (κ1) is 20.9. The van der Waals surface area contributed by atoms with E-state index in [-0.39, 0.29) is 11.8 Å². The average molecular weight is 439 g/mol. The van der Waals surface area contributed by atoms with Crippen LogP contribution in [0.5, 0.6) is 0 Å². The summed E-state index contributed by atoms with van der Waals surface area (Å²) >= 11 is 3.34. The van der Waals surface area contributed by atoms with Crippen LogP contribution >= 0.6 is 23.1 Å². The highest BCUT2D eigenvalue weighted by Crippen LogP contribution is 2.27. The van der Waals surface area contributed by atoms with Crippen LogP contribution in [-0.4, -0.2) is 35.7 Å². The first-order valence-electron chi connectivity index (χ1n) is 10.3. The Morgan fingerprint density at radius 2 is 2.07 bits per heavy atom. The summed E-state index contributed by atoms with van der Waals surface area (Å²) in [5.74, 6) is 1.00. The van der Waals surface area contributed by atoms with Crippen molar-refractivity contribution in [2.75, 3.05) is 24.5 Å². The predicted octanol–water partition coefficient (Wildman–Crippen LogP) is 4.57. The van der Waals surface area contributed by atoms with E-state index in [0.29, 0.717) is 13.1 Å². The minimum Gasteiger partial charge on any atom is -0.355 e. The summed E-state index contributed by atoms with van der Waals surface area (Å²) in [5.41, 5.74) is 1.25. The lowest BCUT2D eigenvalue weighted by molar-refractivity contribution is -0.125. The second kappa shape index (κ2) is 10.1. The Hall–Kier alpha value is -2.38. The molecule has 156 valence electrons. The van der Waals surface area contributed by atoms with Gasteiger partial charge in [-0.25, -0.2) is 0 Å². The summed E-state index contributed by atoms with van der Waals surface area (Å²) < 4.78 is 0. The zero-order valence-electron chi connectivity index (χ0n) is 17.1. The molecule has 0 unspecified atom stereocenters. The monoisotopic (exact) mass is 438 g/mol. The lowest BCUT2D eigenvalue weighted by Gasteiger charge is -2.32. The predicted molar refractivity (Wildman–Crippen MR) is 123 cm³/mol. The summed E-state index contributed by atoms with van der Waals surface area (Å²) in [5, 5.41) is 14.9. The highest BCUT2D eigenvalue weighted by molar-refractivity contribution is 7.99. The fourth-order valence-corrected chi connectivity index (χ4v) is 5.01. The number of anilines is 1. The number of rotatable bonds is 7. The van der Waals surface area contributed by atoms with Crippen molar-refractivity contribution in [3.05, 3.63) is 64.4 Å². The molecule has 30 heavy (non-hydrogen) atoms. The van der Waals surface area contributed by atoms with Gasteiger partial charge in [-0.05, 0) is 61.9 Å². The standard InChI is InChI=1S/C23H26N4OS2/c1-17-6-8-20(9-7-17)30-22-11-10-21(25-26-22)27-14-2-4-18(16-27)23(28)24-13-12-19-5-3-15-29-19/h3,5-11,15,18H,2,4,12-14,16H2,1H3,(H,24,28)/t18-/m0/s1. The van der Waals surface area contributed by atoms with Gasteiger partial charge in [0.05, 0.1) is 5.92 Å². The lowest BCUT2D eigenvalue weighted by Crippen LogP contribution is -2.43. The van der Waals surface area contributed by atoms with Gasteiger partial charge in [0.25, 0.3) is 0 Å². The number of nitrogens with one attached hydrogen (secondary N) is 1. The molecular weight excluding hydrogens is 412 g/mol. The van der Waals surface area contributed by atoms with E-state index in [1.54, 1.807) is 23.1 Å². The van der Waals surface area contributed by atoms with E-state index >= 15 is 0 Å². The van der Waals surface area contributed by atoms with Gasteiger partial charge in [0, 0.05) is 29.4 Å². The van der Waals surface area contributed by atoms with E-state index in [0.717, 1.165) is 41.5 Å². The molecule has 0 radical (unpaired) electrons. The quantitative estimate of drug-likeness (QED) is 0.585. The zero-order valence-corrected chi connectivity index (χ0v) is 18.7. The summed E-state index contributed by atoms with van der Waals surface area (Å²) in [6, 6.07) is 16.6. The molecule has 1 aromatic carbocycles. The molecule has 1 saturated heterocycles. The number of benzene rings is 1. The third-order valence-electron chi connectivity index (χ3n) is 5.24. The van der Waals surface area contributed by atoms with Crippen LogP contribution in [0.4, 0.5) is 5.82 Å². The van der Waals surface area contributed by atoms with Gasteiger partial charge in [-0.1, -0.05) is 35.5 Å². The highest BCUT2D eigenvalue weighted by atomic mass is 32.2. The topological polar surface area (TPSA) is 58.1 Å². The van der Waals surface area contributed by atoms with E-state index in [1.807, 2.05) is 18.2 Å². The Morgan fingerprint density at radius 3 is 2.80 bits per heavy atom. The fraction of sp³-hybridized carbons (Fsp3) is 0.348. The maximum Gasteiger partial charge on any atom is 0.224 e. The number of hydrogen-bond acceptors (Lipinski definition) is 6. The Labute approximate surface area is 185 Å². The maximum absolute atomic E-state index is 12.6. The molecular formula is C23H26N4OS2. The number of carbonyl (C=O) groups excluding carboxylic acids is 1. The van der Waals surface area contributed by atoms with Crippen LogP contribution in [0.2, 0.25) is 0 Å². The highest BCUT2D eigenvalue weighted by Gasteiger charge is 2.26. The molecule has 1 atom stereocenters. The van der Waals surface area contributed by atoms with Crippen LogP contribution in [0.25, 0.3) is 0 Å². The van der Waals surface area contributed by atoms with Crippen LogP contribution < -0.4 is 10.2 Å². The Bertz CT molecular complexity index is 942. The molecule has 3 aromatic rings. The van der Waals surface area contributed by atoms with Crippen molar-refractivity contribution in [1.82, 2.24) is 15.5 Å². The summed E-state index contributed by atoms with van der Waals surface area (Å²) in [7, 11) is 0. The number of amides is 1. The Kier molecular flexibility index (Phi) is 7.02. The summed E-state index contributed by atoms with van der Waals surface area (Å²) in [6.45, 7) is 4.39. The SMILES string of the molecule is Cc1ccc(Sc2ccc(N3CCC[C@H](C(=O)NCCc4cccs4)C3)nn2)cc1. The van der Waals surface area contributed by atoms with Crippen LogP contribution in [0, 0.1) is 12.8 Å². The van der Waals surface area contributed by atoms with E-state index in [2.05, 4.69) is 63.0 Å². The van der Waals surface area contributed by atoms with Crippen LogP contribution in [0.1, 0.15) is 23.3 Å². The van der Waals surface area contributed by atoms with Crippen LogP contribution in [-0.2, 0) is 11.2 Å². The Balaban J connectivity index is 1.30. The van der Waals surface area contributed by atoms with Crippen molar-refractivity contribution in [3.63, 3.8) is 0 Å². The largest absolute Gasteiger partial charge is 0.355 e. The third-order valence-corrected chi connectivity index (χ3v) is 7.11. The smallest absolute Gasteiger partial charge is 0.224 e. The molecule has 1 fully saturated rings. The normalized spacial score (nSPS) is 16.4. The summed E-state index contributed by atoms with van der Waals surface area (Å²) in [4.78, 5) is 17.2. The average Bonchev–Trinajstić information content (AvgIpc) is 3.29. The first-order valence-corrected chi connectivity index (χ1v) is 12.0. The molecule has 3 heterocycles. The van der Waals surface area contributed by atoms with Gasteiger partial charge in [-0.15, -0.1) is 21.5 Å². The van der Waals surface area contributed by atoms with Crippen molar-refractivity contribution < 1.29 is 4.79 Å². The minimum atomic E-state index is 0.00509. The molecule has 1 amide bonds. The van der Waals surface area contributed by atoms with Gasteiger partial charge in [0.1, 0.15) is 5.03 Å². The van der Waals surface area contributed by atoms with E-state index < -0.39 is 0 Å². The number of aromatic nitrogens is 2. The number of aryl methyl sites for hydroxylation is 1. The van der Waals surface area contributed by atoms with Gasteiger partial charge < -0.3 is 10.2 Å². The third kappa shape index (κ3) is 5.61. The molecule has 0 bridgehead atoms. The van der Waals surface area contributed by atoms with E-state index in [9.17, 15) is 4.79 Å².